The Morgan fingerprint density at radius 3 is 2.21 bits per heavy atom. The summed E-state index contributed by atoms with van der Waals surface area (Å²) < 4.78 is 5.42. The van der Waals surface area contributed by atoms with Crippen molar-refractivity contribution in [3.05, 3.63) is 0 Å². The lowest BCUT2D eigenvalue weighted by Crippen LogP contribution is -2.51. The van der Waals surface area contributed by atoms with E-state index >= 15 is 0 Å². The lowest BCUT2D eigenvalue weighted by atomic mass is 9.49. The molecule has 0 aromatic rings. The first-order valence-electron chi connectivity index (χ1n) is 8.11. The molecule has 0 spiro atoms. The molecule has 5 fully saturated rings. The first-order valence-corrected chi connectivity index (χ1v) is 8.11. The van der Waals surface area contributed by atoms with Gasteiger partial charge in [-0.3, -0.25) is 0 Å². The van der Waals surface area contributed by atoms with E-state index in [2.05, 4.69) is 6.92 Å². The van der Waals surface area contributed by atoms with Gasteiger partial charge in [0.25, 0.3) is 0 Å². The number of cyclic esters (lactones) is 1. The van der Waals surface area contributed by atoms with E-state index in [1.807, 2.05) is 4.90 Å². The summed E-state index contributed by atoms with van der Waals surface area (Å²) in [5, 5.41) is 0. The number of hydrogen-bond acceptors (Lipinski definition) is 2. The molecule has 0 N–H and O–H groups in total. The number of carbonyl (C=O) groups is 1. The van der Waals surface area contributed by atoms with Gasteiger partial charge < -0.3 is 9.64 Å². The normalized spacial score (nSPS) is 47.8. The number of hydrogen-bond donors (Lipinski definition) is 0. The molecule has 0 radical (unpaired) electrons. The zero-order valence-electron chi connectivity index (χ0n) is 11.9. The van der Waals surface area contributed by atoms with Gasteiger partial charge in [0.15, 0.2) is 0 Å². The Morgan fingerprint density at radius 1 is 1.16 bits per heavy atom. The van der Waals surface area contributed by atoms with E-state index in [1.54, 1.807) is 0 Å². The molecule has 1 amide bonds. The third-order valence-corrected chi connectivity index (χ3v) is 6.10. The second kappa shape index (κ2) is 4.13. The molecule has 3 heteroatoms. The van der Waals surface area contributed by atoms with Gasteiger partial charge in [-0.1, -0.05) is 6.92 Å². The van der Waals surface area contributed by atoms with Gasteiger partial charge in [0.2, 0.25) is 0 Å². The quantitative estimate of drug-likeness (QED) is 0.780. The van der Waals surface area contributed by atoms with Gasteiger partial charge in [0, 0.05) is 6.54 Å². The van der Waals surface area contributed by atoms with Crippen molar-refractivity contribution in [2.24, 2.45) is 23.2 Å². The summed E-state index contributed by atoms with van der Waals surface area (Å²) in [5.41, 5.74) is 0.455. The first kappa shape index (κ1) is 12.0. The molecule has 1 heterocycles. The second-order valence-corrected chi connectivity index (χ2v) is 7.71. The monoisotopic (exact) mass is 263 g/mol. The summed E-state index contributed by atoms with van der Waals surface area (Å²) in [4.78, 5) is 14.0. The van der Waals surface area contributed by atoms with Gasteiger partial charge in [0.1, 0.15) is 6.10 Å². The van der Waals surface area contributed by atoms with Crippen molar-refractivity contribution in [1.29, 1.82) is 0 Å². The minimum absolute atomic E-state index is 0.0532. The number of amides is 1. The van der Waals surface area contributed by atoms with E-state index in [4.69, 9.17) is 4.74 Å². The zero-order valence-corrected chi connectivity index (χ0v) is 11.9. The average Bonchev–Trinajstić information content (AvgIpc) is 2.67. The van der Waals surface area contributed by atoms with Crippen molar-refractivity contribution in [3.8, 4) is 0 Å². The Labute approximate surface area is 115 Å². The maximum Gasteiger partial charge on any atom is 0.410 e. The van der Waals surface area contributed by atoms with Crippen LogP contribution in [0.3, 0.4) is 0 Å². The highest BCUT2D eigenvalue weighted by Gasteiger charge is 2.52. The molecule has 0 aromatic heterocycles. The van der Waals surface area contributed by atoms with Crippen molar-refractivity contribution in [3.63, 3.8) is 0 Å². The highest BCUT2D eigenvalue weighted by atomic mass is 16.6. The molecule has 19 heavy (non-hydrogen) atoms. The molecular weight excluding hydrogens is 238 g/mol. The molecule has 0 aromatic carbocycles. The summed E-state index contributed by atoms with van der Waals surface area (Å²) in [6.07, 6.45) is 9.58. The Kier molecular flexibility index (Phi) is 2.62. The molecule has 1 aliphatic heterocycles. The molecule has 5 rings (SSSR count). The maximum atomic E-state index is 12.0. The summed E-state index contributed by atoms with van der Waals surface area (Å²) in [5.74, 6) is 2.89. The van der Waals surface area contributed by atoms with Crippen LogP contribution in [0.2, 0.25) is 0 Å². The molecule has 3 nitrogen and oxygen atoms in total. The van der Waals surface area contributed by atoms with Crippen molar-refractivity contribution < 1.29 is 9.53 Å². The molecule has 106 valence electrons. The summed E-state index contributed by atoms with van der Waals surface area (Å²) in [6.45, 7) is 3.91. The molecule has 4 saturated carbocycles. The van der Waals surface area contributed by atoms with Crippen LogP contribution in [0.5, 0.6) is 0 Å². The molecule has 1 unspecified atom stereocenters. The van der Waals surface area contributed by atoms with Gasteiger partial charge in [-0.05, 0) is 68.1 Å². The fourth-order valence-electron chi connectivity index (χ4n) is 5.80. The second-order valence-electron chi connectivity index (χ2n) is 7.71. The molecular formula is C16H25NO2. The summed E-state index contributed by atoms with van der Waals surface area (Å²) in [7, 11) is 0. The average molecular weight is 263 g/mol. The maximum absolute atomic E-state index is 12.0. The van der Waals surface area contributed by atoms with Gasteiger partial charge in [-0.15, -0.1) is 0 Å². The van der Waals surface area contributed by atoms with Crippen molar-refractivity contribution >= 4 is 6.09 Å². The van der Waals surface area contributed by atoms with E-state index in [1.165, 1.54) is 38.5 Å². The van der Waals surface area contributed by atoms with Crippen molar-refractivity contribution in [1.82, 2.24) is 4.90 Å². The highest BCUT2D eigenvalue weighted by Crippen LogP contribution is 2.60. The van der Waals surface area contributed by atoms with Gasteiger partial charge in [-0.25, -0.2) is 4.79 Å². The van der Waals surface area contributed by atoms with Crippen LogP contribution in [0.25, 0.3) is 0 Å². The predicted octanol–water partition coefficient (Wildman–Crippen LogP) is 3.43. The molecule has 1 saturated heterocycles. The Bertz CT molecular complexity index is 357. The lowest BCUT2D eigenvalue weighted by molar-refractivity contribution is -0.0627. The lowest BCUT2D eigenvalue weighted by Gasteiger charge is -2.57. The van der Waals surface area contributed by atoms with Crippen LogP contribution in [-0.2, 0) is 4.74 Å². The van der Waals surface area contributed by atoms with Crippen molar-refractivity contribution in [2.75, 3.05) is 13.1 Å². The third-order valence-electron chi connectivity index (χ3n) is 6.10. The number of carbonyl (C=O) groups excluding carboxylic acids is 1. The Hall–Kier alpha value is -0.730. The van der Waals surface area contributed by atoms with Crippen LogP contribution in [-0.4, -0.2) is 30.2 Å². The summed E-state index contributed by atoms with van der Waals surface area (Å²) >= 11 is 0. The minimum Gasteiger partial charge on any atom is -0.444 e. The van der Waals surface area contributed by atoms with Crippen LogP contribution in [0.15, 0.2) is 0 Å². The number of rotatable bonds is 3. The SMILES string of the molecule is CCC1CN(CC23CC4CC(CC(C4)C2)C3)C(=O)O1. The molecule has 4 bridgehead atoms. The largest absolute Gasteiger partial charge is 0.444 e. The van der Waals surface area contributed by atoms with E-state index in [0.29, 0.717) is 5.41 Å². The smallest absolute Gasteiger partial charge is 0.410 e. The van der Waals surface area contributed by atoms with E-state index in [0.717, 1.165) is 37.3 Å². The van der Waals surface area contributed by atoms with Crippen LogP contribution < -0.4 is 0 Å². The predicted molar refractivity (Wildman–Crippen MR) is 72.7 cm³/mol. The van der Waals surface area contributed by atoms with Crippen LogP contribution in [0.4, 0.5) is 4.79 Å². The zero-order chi connectivity index (χ0) is 13.0. The minimum atomic E-state index is -0.0532. The standard InChI is InChI=1S/C16H25NO2/c1-2-14-9-17(15(18)19-14)10-16-6-11-3-12(7-16)5-13(4-11)8-16/h11-14H,2-10H2,1H3. The fourth-order valence-corrected chi connectivity index (χ4v) is 5.80. The van der Waals surface area contributed by atoms with E-state index in [9.17, 15) is 4.79 Å². The highest BCUT2D eigenvalue weighted by molar-refractivity contribution is 5.70. The number of nitrogens with zero attached hydrogens (tertiary/aromatic N) is 1. The van der Waals surface area contributed by atoms with E-state index in [-0.39, 0.29) is 12.2 Å². The molecule has 4 aliphatic carbocycles. The van der Waals surface area contributed by atoms with Crippen LogP contribution in [0.1, 0.15) is 51.9 Å². The molecule has 1 atom stereocenters. The van der Waals surface area contributed by atoms with Crippen LogP contribution in [0, 0.1) is 23.2 Å². The Morgan fingerprint density at radius 2 is 1.74 bits per heavy atom. The van der Waals surface area contributed by atoms with Crippen LogP contribution >= 0.6 is 0 Å². The van der Waals surface area contributed by atoms with Gasteiger partial charge in [-0.2, -0.15) is 0 Å². The fraction of sp³-hybridized carbons (Fsp3) is 0.938. The third kappa shape index (κ3) is 1.96. The topological polar surface area (TPSA) is 29.5 Å². The molecule has 5 aliphatic rings. The van der Waals surface area contributed by atoms with Crippen molar-refractivity contribution in [2.45, 2.75) is 58.0 Å². The van der Waals surface area contributed by atoms with Gasteiger partial charge >= 0.3 is 6.09 Å². The van der Waals surface area contributed by atoms with Gasteiger partial charge in [0.05, 0.1) is 6.54 Å². The Balaban J connectivity index is 1.49. The van der Waals surface area contributed by atoms with E-state index < -0.39 is 0 Å². The number of ether oxygens (including phenoxy) is 1. The first-order chi connectivity index (χ1) is 9.16. The summed E-state index contributed by atoms with van der Waals surface area (Å²) in [6, 6.07) is 0.